The normalized spacial score (nSPS) is 19.4. The number of nitrogens with zero attached hydrogens (tertiary/aromatic N) is 1. The van der Waals surface area contributed by atoms with Gasteiger partial charge in [-0.25, -0.2) is 12.6 Å². The maximum atomic E-state index is 12.1. The lowest BCUT2D eigenvalue weighted by Gasteiger charge is -2.15. The van der Waals surface area contributed by atoms with Crippen LogP contribution in [0.2, 0.25) is 0 Å². The number of sulfonamides is 1. The van der Waals surface area contributed by atoms with Crippen molar-refractivity contribution in [3.63, 3.8) is 0 Å². The summed E-state index contributed by atoms with van der Waals surface area (Å²) in [6.45, 7) is 1.10. The lowest BCUT2D eigenvalue weighted by Crippen LogP contribution is -2.27. The standard InChI is InChI=1S/C10H13NO4S2/c12-16(13)9-3-5-10(6-4-9)17(14,15)11-7-1-2-8-11/h3-6H,1-2,7-8H2,(H,12,13). The average Bonchev–Trinajstić information content (AvgIpc) is 2.83. The Hall–Kier alpha value is -0.760. The van der Waals surface area contributed by atoms with Gasteiger partial charge in [0.15, 0.2) is 11.1 Å². The van der Waals surface area contributed by atoms with E-state index in [4.69, 9.17) is 4.55 Å². The smallest absolute Gasteiger partial charge is 0.243 e. The van der Waals surface area contributed by atoms with E-state index in [2.05, 4.69) is 0 Å². The van der Waals surface area contributed by atoms with Gasteiger partial charge in [-0.3, -0.25) is 0 Å². The molecule has 1 aromatic carbocycles. The summed E-state index contributed by atoms with van der Waals surface area (Å²) in [7, 11) is -3.43. The molecule has 7 heteroatoms. The van der Waals surface area contributed by atoms with Crippen LogP contribution >= 0.6 is 0 Å². The molecule has 1 fully saturated rings. The highest BCUT2D eigenvalue weighted by Crippen LogP contribution is 2.21. The molecule has 0 bridgehead atoms. The molecule has 0 radical (unpaired) electrons. The SMILES string of the molecule is O=S(O)c1ccc(S(=O)(=O)N2CCCC2)cc1. The number of rotatable bonds is 3. The van der Waals surface area contributed by atoms with Gasteiger partial charge in [-0.2, -0.15) is 4.31 Å². The first-order valence-corrected chi connectivity index (χ1v) is 7.77. The largest absolute Gasteiger partial charge is 0.302 e. The van der Waals surface area contributed by atoms with Gasteiger partial charge < -0.3 is 4.55 Å². The number of hydrogen-bond acceptors (Lipinski definition) is 3. The van der Waals surface area contributed by atoms with Gasteiger partial charge in [-0.05, 0) is 37.1 Å². The Balaban J connectivity index is 2.30. The van der Waals surface area contributed by atoms with Crippen molar-refractivity contribution in [2.75, 3.05) is 13.1 Å². The van der Waals surface area contributed by atoms with E-state index in [1.807, 2.05) is 0 Å². The Labute approximate surface area is 103 Å². The molecule has 0 spiro atoms. The summed E-state index contributed by atoms with van der Waals surface area (Å²) >= 11 is -2.07. The molecular formula is C10H13NO4S2. The molecular weight excluding hydrogens is 262 g/mol. The van der Waals surface area contributed by atoms with Crippen LogP contribution < -0.4 is 0 Å². The third kappa shape index (κ3) is 2.57. The van der Waals surface area contributed by atoms with Crippen LogP contribution in [0.3, 0.4) is 0 Å². The minimum Gasteiger partial charge on any atom is -0.302 e. The van der Waals surface area contributed by atoms with Gasteiger partial charge in [-0.15, -0.1) is 0 Å². The number of benzene rings is 1. The van der Waals surface area contributed by atoms with Crippen LogP contribution in [-0.4, -0.2) is 34.6 Å². The van der Waals surface area contributed by atoms with E-state index < -0.39 is 21.1 Å². The Morgan fingerprint density at radius 1 is 1.12 bits per heavy atom. The average molecular weight is 275 g/mol. The van der Waals surface area contributed by atoms with Crippen LogP contribution in [0, 0.1) is 0 Å². The molecule has 17 heavy (non-hydrogen) atoms. The molecule has 0 amide bonds. The summed E-state index contributed by atoms with van der Waals surface area (Å²) < 4.78 is 45.3. The zero-order valence-electron chi connectivity index (χ0n) is 9.07. The van der Waals surface area contributed by atoms with Crippen molar-refractivity contribution in [3.05, 3.63) is 24.3 Å². The van der Waals surface area contributed by atoms with E-state index in [0.29, 0.717) is 13.1 Å². The van der Waals surface area contributed by atoms with Crippen molar-refractivity contribution in [2.24, 2.45) is 0 Å². The number of hydrogen-bond donors (Lipinski definition) is 1. The van der Waals surface area contributed by atoms with Gasteiger partial charge in [0, 0.05) is 13.1 Å². The predicted octanol–water partition coefficient (Wildman–Crippen LogP) is 1.05. The molecule has 0 aliphatic carbocycles. The Morgan fingerprint density at radius 2 is 1.65 bits per heavy atom. The maximum absolute atomic E-state index is 12.1. The van der Waals surface area contributed by atoms with E-state index in [1.165, 1.54) is 28.6 Å². The van der Waals surface area contributed by atoms with Crippen LogP contribution in [0.25, 0.3) is 0 Å². The van der Waals surface area contributed by atoms with E-state index >= 15 is 0 Å². The second-order valence-corrected chi connectivity index (χ2v) is 6.74. The third-order valence-electron chi connectivity index (χ3n) is 2.73. The van der Waals surface area contributed by atoms with Gasteiger partial charge in [0.25, 0.3) is 0 Å². The summed E-state index contributed by atoms with van der Waals surface area (Å²) in [6, 6.07) is 5.46. The first-order valence-electron chi connectivity index (χ1n) is 5.23. The van der Waals surface area contributed by atoms with Crippen molar-refractivity contribution in [1.82, 2.24) is 4.31 Å². The quantitative estimate of drug-likeness (QED) is 0.837. The molecule has 1 heterocycles. The van der Waals surface area contributed by atoms with Crippen molar-refractivity contribution in [2.45, 2.75) is 22.6 Å². The van der Waals surface area contributed by atoms with E-state index in [-0.39, 0.29) is 9.79 Å². The summed E-state index contributed by atoms with van der Waals surface area (Å²) in [6.07, 6.45) is 1.77. The van der Waals surface area contributed by atoms with Gasteiger partial charge >= 0.3 is 0 Å². The molecule has 1 N–H and O–H groups in total. The zero-order chi connectivity index (χ0) is 12.5. The predicted molar refractivity (Wildman–Crippen MR) is 63.5 cm³/mol. The fraction of sp³-hybridized carbons (Fsp3) is 0.400. The molecule has 5 nitrogen and oxygen atoms in total. The minimum atomic E-state index is -3.43. The molecule has 0 saturated carbocycles. The second kappa shape index (κ2) is 4.85. The van der Waals surface area contributed by atoms with Gasteiger partial charge in [0.05, 0.1) is 9.79 Å². The van der Waals surface area contributed by atoms with E-state index in [0.717, 1.165) is 12.8 Å². The first-order chi connectivity index (χ1) is 8.01. The fourth-order valence-corrected chi connectivity index (χ4v) is 3.69. The Kier molecular flexibility index (Phi) is 3.62. The highest BCUT2D eigenvalue weighted by molar-refractivity contribution is 7.89. The maximum Gasteiger partial charge on any atom is 0.243 e. The minimum absolute atomic E-state index is 0.175. The molecule has 1 aromatic rings. The molecule has 1 aliphatic heterocycles. The Morgan fingerprint density at radius 3 is 2.12 bits per heavy atom. The first kappa shape index (κ1) is 12.7. The van der Waals surface area contributed by atoms with Crippen LogP contribution in [-0.2, 0) is 21.1 Å². The third-order valence-corrected chi connectivity index (χ3v) is 5.32. The van der Waals surface area contributed by atoms with Crippen molar-refractivity contribution < 1.29 is 17.2 Å². The van der Waals surface area contributed by atoms with E-state index in [1.54, 1.807) is 0 Å². The molecule has 1 atom stereocenters. The zero-order valence-corrected chi connectivity index (χ0v) is 10.7. The lowest BCUT2D eigenvalue weighted by molar-refractivity contribution is 0.477. The monoisotopic (exact) mass is 275 g/mol. The summed E-state index contributed by atoms with van der Waals surface area (Å²) in [4.78, 5) is 0.374. The molecule has 2 rings (SSSR count). The molecule has 1 aliphatic rings. The van der Waals surface area contributed by atoms with Crippen LogP contribution in [0.4, 0.5) is 0 Å². The highest BCUT2D eigenvalue weighted by Gasteiger charge is 2.26. The van der Waals surface area contributed by atoms with Gasteiger partial charge in [0.2, 0.25) is 10.0 Å². The fourth-order valence-electron chi connectivity index (χ4n) is 1.81. The summed E-state index contributed by atoms with van der Waals surface area (Å²) in [5, 5.41) is 0. The van der Waals surface area contributed by atoms with Gasteiger partial charge in [0.1, 0.15) is 0 Å². The molecule has 94 valence electrons. The van der Waals surface area contributed by atoms with E-state index in [9.17, 15) is 12.6 Å². The van der Waals surface area contributed by atoms with Gasteiger partial charge in [-0.1, -0.05) is 0 Å². The Bertz CT molecular complexity index is 518. The molecule has 0 aromatic heterocycles. The highest BCUT2D eigenvalue weighted by atomic mass is 32.2. The van der Waals surface area contributed by atoms with Crippen molar-refractivity contribution in [3.8, 4) is 0 Å². The molecule has 1 saturated heterocycles. The summed E-state index contributed by atoms with van der Waals surface area (Å²) in [5.41, 5.74) is 0. The van der Waals surface area contributed by atoms with Crippen molar-refractivity contribution in [1.29, 1.82) is 0 Å². The summed E-state index contributed by atoms with van der Waals surface area (Å²) in [5.74, 6) is 0. The van der Waals surface area contributed by atoms with Crippen molar-refractivity contribution >= 4 is 21.1 Å². The van der Waals surface area contributed by atoms with Crippen LogP contribution in [0.1, 0.15) is 12.8 Å². The molecule has 1 unspecified atom stereocenters. The van der Waals surface area contributed by atoms with Crippen LogP contribution in [0.5, 0.6) is 0 Å². The second-order valence-electron chi connectivity index (χ2n) is 3.83. The van der Waals surface area contributed by atoms with Crippen LogP contribution in [0.15, 0.2) is 34.1 Å². The topological polar surface area (TPSA) is 74.7 Å². The lowest BCUT2D eigenvalue weighted by atomic mass is 10.4.